The number of carbonyl (C=O) groups is 2. The third-order valence-corrected chi connectivity index (χ3v) is 3.48. The number of amides is 2. The molecule has 0 aliphatic carbocycles. The van der Waals surface area contributed by atoms with Crippen LogP contribution in [0.5, 0.6) is 11.5 Å². The van der Waals surface area contributed by atoms with Crippen molar-refractivity contribution >= 4 is 23.6 Å². The van der Waals surface area contributed by atoms with Gasteiger partial charge in [-0.15, -0.1) is 0 Å². The van der Waals surface area contributed by atoms with Crippen molar-refractivity contribution in [2.45, 2.75) is 0 Å². The van der Waals surface area contributed by atoms with Gasteiger partial charge in [0.1, 0.15) is 0 Å². The molecule has 2 aromatic carbocycles. The van der Waals surface area contributed by atoms with Crippen LogP contribution in [0.4, 0.5) is 5.69 Å². The first-order valence-corrected chi connectivity index (χ1v) is 7.57. The zero-order valence-electron chi connectivity index (χ0n) is 13.3. The van der Waals surface area contributed by atoms with Crippen LogP contribution in [0.15, 0.2) is 60.7 Å². The molecule has 2 amide bonds. The lowest BCUT2D eigenvalue weighted by Crippen LogP contribution is -2.11. The number of primary amides is 1. The Morgan fingerprint density at radius 1 is 1.00 bits per heavy atom. The monoisotopic (exact) mass is 336 g/mol. The lowest BCUT2D eigenvalue weighted by Gasteiger charge is -2.02. The lowest BCUT2D eigenvalue weighted by molar-refractivity contribution is -0.111. The van der Waals surface area contributed by atoms with Gasteiger partial charge in [0, 0.05) is 17.3 Å². The smallest absolute Gasteiger partial charge is 0.248 e. The van der Waals surface area contributed by atoms with E-state index < -0.39 is 5.91 Å². The summed E-state index contributed by atoms with van der Waals surface area (Å²) < 4.78 is 10.6. The van der Waals surface area contributed by atoms with Gasteiger partial charge in [-0.1, -0.05) is 24.3 Å². The number of nitrogens with two attached hydrogens (primary N) is 1. The van der Waals surface area contributed by atoms with Crippen LogP contribution in [0.25, 0.3) is 6.08 Å². The molecule has 3 N–H and O–H groups in total. The first-order valence-electron chi connectivity index (χ1n) is 7.57. The van der Waals surface area contributed by atoms with Gasteiger partial charge in [-0.3, -0.25) is 9.59 Å². The van der Waals surface area contributed by atoms with E-state index in [1.54, 1.807) is 36.4 Å². The molecule has 0 saturated heterocycles. The number of allylic oxidation sites excluding steroid dienone is 2. The van der Waals surface area contributed by atoms with Crippen LogP contribution in [0, 0.1) is 0 Å². The van der Waals surface area contributed by atoms with Crippen LogP contribution in [0.2, 0.25) is 0 Å². The van der Waals surface area contributed by atoms with Crippen LogP contribution in [0.3, 0.4) is 0 Å². The van der Waals surface area contributed by atoms with Crippen LogP contribution in [0.1, 0.15) is 15.9 Å². The molecule has 0 radical (unpaired) electrons. The van der Waals surface area contributed by atoms with E-state index in [1.807, 2.05) is 24.3 Å². The molecule has 3 rings (SSSR count). The van der Waals surface area contributed by atoms with Crippen LogP contribution >= 0.6 is 0 Å². The Hall–Kier alpha value is -3.54. The minimum atomic E-state index is -0.508. The van der Waals surface area contributed by atoms with Crippen molar-refractivity contribution in [3.63, 3.8) is 0 Å². The molecular formula is C19H16N2O4. The summed E-state index contributed by atoms with van der Waals surface area (Å²) >= 11 is 0. The standard InChI is InChI=1S/C19H16N2O4/c20-19(23)14-6-8-15(9-7-14)21-18(22)4-2-1-3-13-5-10-16-17(11-13)25-12-24-16/h1-11H,12H2,(H2,20,23)(H,21,22)/b3-1+,4-2+. The zero-order chi connectivity index (χ0) is 17.6. The number of nitrogens with one attached hydrogen (secondary N) is 1. The molecule has 0 unspecified atom stereocenters. The average Bonchev–Trinajstić information content (AvgIpc) is 3.07. The second-order valence-electron chi connectivity index (χ2n) is 5.26. The van der Waals surface area contributed by atoms with E-state index in [1.165, 1.54) is 6.08 Å². The molecule has 0 atom stereocenters. The molecule has 1 aliphatic heterocycles. The van der Waals surface area contributed by atoms with E-state index in [2.05, 4.69) is 5.32 Å². The Morgan fingerprint density at radius 2 is 1.76 bits per heavy atom. The zero-order valence-corrected chi connectivity index (χ0v) is 13.3. The van der Waals surface area contributed by atoms with Crippen molar-refractivity contribution in [3.8, 4) is 11.5 Å². The first kappa shape index (κ1) is 16.3. The quantitative estimate of drug-likeness (QED) is 0.649. The van der Waals surface area contributed by atoms with E-state index in [9.17, 15) is 9.59 Å². The fraction of sp³-hybridized carbons (Fsp3) is 0.0526. The molecule has 6 nitrogen and oxygen atoms in total. The van der Waals surface area contributed by atoms with Crippen molar-refractivity contribution in [1.29, 1.82) is 0 Å². The Balaban J connectivity index is 1.54. The molecule has 126 valence electrons. The van der Waals surface area contributed by atoms with E-state index in [-0.39, 0.29) is 12.7 Å². The van der Waals surface area contributed by atoms with Gasteiger partial charge < -0.3 is 20.5 Å². The number of hydrogen-bond donors (Lipinski definition) is 2. The van der Waals surface area contributed by atoms with Gasteiger partial charge in [0.05, 0.1) is 0 Å². The van der Waals surface area contributed by atoms with Gasteiger partial charge in [-0.25, -0.2) is 0 Å². The Kier molecular flexibility index (Phi) is 4.80. The highest BCUT2D eigenvalue weighted by Gasteiger charge is 2.11. The van der Waals surface area contributed by atoms with Gasteiger partial charge in [-0.05, 0) is 42.0 Å². The van der Waals surface area contributed by atoms with Crippen LogP contribution in [-0.2, 0) is 4.79 Å². The van der Waals surface area contributed by atoms with Gasteiger partial charge in [0.2, 0.25) is 18.6 Å². The van der Waals surface area contributed by atoms with Crippen molar-refractivity contribution in [2.75, 3.05) is 12.1 Å². The first-order chi connectivity index (χ1) is 12.1. The largest absolute Gasteiger partial charge is 0.454 e. The predicted molar refractivity (Wildman–Crippen MR) is 94.3 cm³/mol. The molecule has 1 heterocycles. The highest BCUT2D eigenvalue weighted by atomic mass is 16.7. The maximum atomic E-state index is 11.8. The molecule has 6 heteroatoms. The van der Waals surface area contributed by atoms with E-state index in [4.69, 9.17) is 15.2 Å². The second-order valence-corrected chi connectivity index (χ2v) is 5.26. The molecule has 0 saturated carbocycles. The fourth-order valence-electron chi connectivity index (χ4n) is 2.23. The molecule has 0 spiro atoms. The molecule has 1 aliphatic rings. The summed E-state index contributed by atoms with van der Waals surface area (Å²) in [6, 6.07) is 12.0. The molecule has 0 fully saturated rings. The minimum absolute atomic E-state index is 0.239. The summed E-state index contributed by atoms with van der Waals surface area (Å²) in [5, 5.41) is 2.69. The van der Waals surface area contributed by atoms with E-state index >= 15 is 0 Å². The summed E-state index contributed by atoms with van der Waals surface area (Å²) in [4.78, 5) is 22.8. The summed E-state index contributed by atoms with van der Waals surface area (Å²) in [7, 11) is 0. The summed E-state index contributed by atoms with van der Waals surface area (Å²) in [6.07, 6.45) is 6.66. The predicted octanol–water partition coefficient (Wildman–Crippen LogP) is 2.72. The molecule has 0 bridgehead atoms. The normalized spacial score (nSPS) is 12.6. The van der Waals surface area contributed by atoms with E-state index in [0.29, 0.717) is 17.0 Å². The van der Waals surface area contributed by atoms with Gasteiger partial charge in [0.25, 0.3) is 0 Å². The lowest BCUT2D eigenvalue weighted by atomic mass is 10.2. The number of carbonyl (C=O) groups excluding carboxylic acids is 2. The molecular weight excluding hydrogens is 320 g/mol. The van der Waals surface area contributed by atoms with Crippen molar-refractivity contribution in [1.82, 2.24) is 0 Å². The van der Waals surface area contributed by atoms with Crippen molar-refractivity contribution < 1.29 is 19.1 Å². The number of benzene rings is 2. The third-order valence-electron chi connectivity index (χ3n) is 3.48. The Labute approximate surface area is 144 Å². The van der Waals surface area contributed by atoms with Gasteiger partial charge in [-0.2, -0.15) is 0 Å². The minimum Gasteiger partial charge on any atom is -0.454 e. The van der Waals surface area contributed by atoms with Gasteiger partial charge in [0.15, 0.2) is 11.5 Å². The summed E-state index contributed by atoms with van der Waals surface area (Å²) in [6.45, 7) is 0.239. The van der Waals surface area contributed by atoms with Crippen LogP contribution < -0.4 is 20.5 Å². The Bertz CT molecular complexity index is 854. The van der Waals surface area contributed by atoms with Crippen molar-refractivity contribution in [3.05, 3.63) is 71.8 Å². The number of anilines is 1. The topological polar surface area (TPSA) is 90.7 Å². The Morgan fingerprint density at radius 3 is 2.52 bits per heavy atom. The third kappa shape index (κ3) is 4.26. The SMILES string of the molecule is NC(=O)c1ccc(NC(=O)/C=C/C=C/c2ccc3c(c2)OCO3)cc1. The van der Waals surface area contributed by atoms with Crippen molar-refractivity contribution in [2.24, 2.45) is 5.73 Å². The van der Waals surface area contributed by atoms with Gasteiger partial charge >= 0.3 is 0 Å². The molecule has 25 heavy (non-hydrogen) atoms. The van der Waals surface area contributed by atoms with E-state index in [0.717, 1.165) is 11.3 Å². The summed E-state index contributed by atoms with van der Waals surface area (Å²) in [5.74, 6) is 0.659. The van der Waals surface area contributed by atoms with Crippen LogP contribution in [-0.4, -0.2) is 18.6 Å². The summed E-state index contributed by atoms with van der Waals surface area (Å²) in [5.41, 5.74) is 7.08. The molecule has 2 aromatic rings. The second kappa shape index (κ2) is 7.35. The average molecular weight is 336 g/mol. The molecule has 0 aromatic heterocycles. The maximum Gasteiger partial charge on any atom is 0.248 e. The highest BCUT2D eigenvalue weighted by Crippen LogP contribution is 2.32. The fourth-order valence-corrected chi connectivity index (χ4v) is 2.23. The maximum absolute atomic E-state index is 11.8. The number of hydrogen-bond acceptors (Lipinski definition) is 4. The number of fused-ring (bicyclic) bond motifs is 1. The number of ether oxygens (including phenoxy) is 2. The highest BCUT2D eigenvalue weighted by molar-refractivity contribution is 6.00. The number of rotatable bonds is 5.